The van der Waals surface area contributed by atoms with Gasteiger partial charge in [-0.25, -0.2) is 4.39 Å². The molecule has 1 N–H and O–H groups in total. The number of rotatable bonds is 3. The smallest absolute Gasteiger partial charge is 0.246 e. The van der Waals surface area contributed by atoms with Gasteiger partial charge in [0.15, 0.2) is 0 Å². The summed E-state index contributed by atoms with van der Waals surface area (Å²) in [5, 5.41) is 3.33. The van der Waals surface area contributed by atoms with Crippen LogP contribution in [0.15, 0.2) is 36.4 Å². The summed E-state index contributed by atoms with van der Waals surface area (Å²) in [6, 6.07) is 6.81. The lowest BCUT2D eigenvalue weighted by Gasteiger charge is -2.60. The molecule has 1 aliphatic heterocycles. The highest BCUT2D eigenvalue weighted by molar-refractivity contribution is 5.89. The monoisotopic (exact) mass is 438 g/mol. The Balaban J connectivity index is 1.31. The SMILES string of the molecule is CN1C(=O)C=C[C@@]2(C)C1CC[C@@H]1[C@H]2CC[C@]2(C)C(NC(=O)Cc3cccc(F)c3)CC[C@@H]12. The highest BCUT2D eigenvalue weighted by Gasteiger charge is 2.60. The zero-order chi connectivity index (χ0) is 22.7. The summed E-state index contributed by atoms with van der Waals surface area (Å²) in [6.07, 6.45) is 10.9. The van der Waals surface area contributed by atoms with Gasteiger partial charge in [0.05, 0.1) is 6.42 Å². The lowest BCUT2D eigenvalue weighted by atomic mass is 9.48. The molecular formula is C27H35FN2O2. The molecular weight excluding hydrogens is 403 g/mol. The normalized spacial score (nSPS) is 40.4. The maximum atomic E-state index is 13.5. The molecule has 172 valence electrons. The highest BCUT2D eigenvalue weighted by atomic mass is 19.1. The van der Waals surface area contributed by atoms with Crippen molar-refractivity contribution in [3.63, 3.8) is 0 Å². The second kappa shape index (κ2) is 7.71. The fourth-order valence-corrected chi connectivity index (χ4v) is 8.05. The lowest BCUT2D eigenvalue weighted by Crippen LogP contribution is -2.60. The molecule has 0 radical (unpaired) electrons. The number of carbonyl (C=O) groups is 2. The number of carbonyl (C=O) groups excluding carboxylic acids is 2. The Labute approximate surface area is 190 Å². The van der Waals surface area contributed by atoms with Crippen LogP contribution < -0.4 is 5.32 Å². The van der Waals surface area contributed by atoms with Crippen LogP contribution in [0.1, 0.15) is 57.9 Å². The lowest BCUT2D eigenvalue weighted by molar-refractivity contribution is -0.138. The Morgan fingerprint density at radius 2 is 1.97 bits per heavy atom. The van der Waals surface area contributed by atoms with Gasteiger partial charge in [0.2, 0.25) is 11.8 Å². The van der Waals surface area contributed by atoms with Gasteiger partial charge >= 0.3 is 0 Å². The van der Waals surface area contributed by atoms with E-state index in [1.54, 1.807) is 12.1 Å². The van der Waals surface area contributed by atoms with E-state index >= 15 is 0 Å². The zero-order valence-electron chi connectivity index (χ0n) is 19.4. The number of fused-ring (bicyclic) bond motifs is 5. The fraction of sp³-hybridized carbons (Fsp3) is 0.630. The second-order valence-electron chi connectivity index (χ2n) is 11.2. The summed E-state index contributed by atoms with van der Waals surface area (Å²) in [5.74, 6) is 1.67. The van der Waals surface area contributed by atoms with Gasteiger partial charge in [-0.1, -0.05) is 32.1 Å². The first-order chi connectivity index (χ1) is 15.2. The third kappa shape index (κ3) is 3.31. The summed E-state index contributed by atoms with van der Waals surface area (Å²) in [4.78, 5) is 27.0. The molecule has 3 aliphatic carbocycles. The molecule has 2 unspecified atom stereocenters. The molecule has 32 heavy (non-hydrogen) atoms. The molecule has 2 amide bonds. The van der Waals surface area contributed by atoms with E-state index in [-0.39, 0.29) is 40.9 Å². The minimum absolute atomic E-state index is 0.00406. The van der Waals surface area contributed by atoms with Crippen molar-refractivity contribution in [3.05, 3.63) is 47.8 Å². The molecule has 1 heterocycles. The Morgan fingerprint density at radius 3 is 2.75 bits per heavy atom. The largest absolute Gasteiger partial charge is 0.353 e. The maximum absolute atomic E-state index is 13.5. The number of likely N-dealkylation sites (N-methyl/N-ethyl adjacent to an activating group) is 1. The molecule has 5 rings (SSSR count). The van der Waals surface area contributed by atoms with E-state index in [4.69, 9.17) is 0 Å². The van der Waals surface area contributed by atoms with Crippen LogP contribution in [0.25, 0.3) is 0 Å². The average molecular weight is 439 g/mol. The van der Waals surface area contributed by atoms with Crippen LogP contribution in [-0.2, 0) is 16.0 Å². The number of hydrogen-bond donors (Lipinski definition) is 1. The quantitative estimate of drug-likeness (QED) is 0.756. The van der Waals surface area contributed by atoms with E-state index < -0.39 is 0 Å². The number of halogens is 1. The summed E-state index contributed by atoms with van der Waals surface area (Å²) in [6.45, 7) is 4.75. The van der Waals surface area contributed by atoms with E-state index in [1.807, 2.05) is 18.0 Å². The van der Waals surface area contributed by atoms with Gasteiger partial charge in [-0.05, 0) is 85.5 Å². The number of nitrogens with one attached hydrogen (secondary N) is 1. The van der Waals surface area contributed by atoms with E-state index in [1.165, 1.54) is 18.6 Å². The molecule has 4 aliphatic rings. The first-order valence-corrected chi connectivity index (χ1v) is 12.2. The van der Waals surface area contributed by atoms with Crippen LogP contribution >= 0.6 is 0 Å². The highest BCUT2D eigenvalue weighted by Crippen LogP contribution is 2.63. The molecule has 1 aromatic rings. The standard InChI is InChI=1S/C27H35FN2O2/c1-26-13-11-21-19(7-10-23-27(21,2)14-12-25(32)30(23)3)20(26)8-9-22(26)29-24(31)16-17-5-4-6-18(28)15-17/h4-6,12,14-15,19-23H,7-11,13,16H2,1-3H3,(H,29,31)/t19-,20-,21+,22?,23?,26-,27+/m0/s1. The Morgan fingerprint density at radius 1 is 1.16 bits per heavy atom. The van der Waals surface area contributed by atoms with Gasteiger partial charge in [-0.2, -0.15) is 0 Å². The van der Waals surface area contributed by atoms with Gasteiger partial charge in [-0.3, -0.25) is 9.59 Å². The first-order valence-electron chi connectivity index (χ1n) is 12.2. The molecule has 0 spiro atoms. The van der Waals surface area contributed by atoms with Crippen LogP contribution in [-0.4, -0.2) is 35.8 Å². The van der Waals surface area contributed by atoms with Crippen molar-refractivity contribution in [1.82, 2.24) is 10.2 Å². The molecule has 0 bridgehead atoms. The van der Waals surface area contributed by atoms with Crippen molar-refractivity contribution in [2.75, 3.05) is 7.05 Å². The number of nitrogens with zero attached hydrogens (tertiary/aromatic N) is 1. The van der Waals surface area contributed by atoms with Crippen LogP contribution in [0.4, 0.5) is 4.39 Å². The van der Waals surface area contributed by atoms with Crippen molar-refractivity contribution in [1.29, 1.82) is 0 Å². The second-order valence-corrected chi connectivity index (χ2v) is 11.2. The summed E-state index contributed by atoms with van der Waals surface area (Å²) < 4.78 is 13.5. The van der Waals surface area contributed by atoms with Gasteiger partial charge in [0.1, 0.15) is 5.82 Å². The van der Waals surface area contributed by atoms with Gasteiger partial charge < -0.3 is 10.2 Å². The Bertz CT molecular complexity index is 961. The molecule has 7 atom stereocenters. The molecule has 4 nitrogen and oxygen atoms in total. The Hall–Kier alpha value is -2.17. The zero-order valence-corrected chi connectivity index (χ0v) is 19.4. The number of benzene rings is 1. The van der Waals surface area contributed by atoms with Crippen LogP contribution in [0.5, 0.6) is 0 Å². The minimum atomic E-state index is -0.297. The number of amides is 2. The van der Waals surface area contributed by atoms with Crippen molar-refractivity contribution in [2.45, 2.75) is 70.9 Å². The van der Waals surface area contributed by atoms with E-state index in [0.29, 0.717) is 23.8 Å². The van der Waals surface area contributed by atoms with Crippen molar-refractivity contribution in [2.24, 2.45) is 28.6 Å². The van der Waals surface area contributed by atoms with Crippen molar-refractivity contribution in [3.8, 4) is 0 Å². The van der Waals surface area contributed by atoms with Crippen LogP contribution in [0.3, 0.4) is 0 Å². The molecule has 1 aromatic carbocycles. The predicted molar refractivity (Wildman–Crippen MR) is 122 cm³/mol. The molecule has 5 heteroatoms. The number of hydrogen-bond acceptors (Lipinski definition) is 2. The Kier molecular flexibility index (Phi) is 5.22. The molecule has 3 fully saturated rings. The van der Waals surface area contributed by atoms with E-state index in [9.17, 15) is 14.0 Å². The fourth-order valence-electron chi connectivity index (χ4n) is 8.05. The third-order valence-corrected chi connectivity index (χ3v) is 9.72. The third-order valence-electron chi connectivity index (χ3n) is 9.72. The molecule has 0 saturated heterocycles. The van der Waals surface area contributed by atoms with E-state index in [2.05, 4.69) is 25.2 Å². The van der Waals surface area contributed by atoms with E-state index in [0.717, 1.165) is 37.7 Å². The van der Waals surface area contributed by atoms with Crippen molar-refractivity contribution >= 4 is 11.8 Å². The summed E-state index contributed by atoms with van der Waals surface area (Å²) >= 11 is 0. The maximum Gasteiger partial charge on any atom is 0.246 e. The van der Waals surface area contributed by atoms with Gasteiger partial charge in [0, 0.05) is 24.5 Å². The minimum Gasteiger partial charge on any atom is -0.353 e. The molecule has 3 saturated carbocycles. The van der Waals surface area contributed by atoms with Crippen molar-refractivity contribution < 1.29 is 14.0 Å². The topological polar surface area (TPSA) is 49.4 Å². The van der Waals surface area contributed by atoms with Crippen LogP contribution in [0.2, 0.25) is 0 Å². The molecule has 0 aromatic heterocycles. The predicted octanol–water partition coefficient (Wildman–Crippen LogP) is 4.49. The van der Waals surface area contributed by atoms with Gasteiger partial charge in [0.25, 0.3) is 0 Å². The van der Waals surface area contributed by atoms with Crippen LogP contribution in [0, 0.1) is 34.4 Å². The van der Waals surface area contributed by atoms with Gasteiger partial charge in [-0.15, -0.1) is 0 Å². The average Bonchev–Trinajstić information content (AvgIpc) is 3.07. The summed E-state index contributed by atoms with van der Waals surface area (Å²) in [5.41, 5.74) is 0.883. The summed E-state index contributed by atoms with van der Waals surface area (Å²) in [7, 11) is 1.96. The first kappa shape index (κ1) is 21.7.